The number of amides is 2. The monoisotopic (exact) mass is 279 g/mol. The first-order valence-corrected chi connectivity index (χ1v) is 5.81. The molecule has 0 aromatic heterocycles. The highest BCUT2D eigenvalue weighted by atomic mass is 16.6. The molecule has 2 amide bonds. The zero-order valence-electron chi connectivity index (χ0n) is 10.3. The summed E-state index contributed by atoms with van der Waals surface area (Å²) in [5.74, 6) is -1.10. The predicted molar refractivity (Wildman–Crippen MR) is 69.3 cm³/mol. The van der Waals surface area contributed by atoms with E-state index in [1.54, 1.807) is 0 Å². The number of nitrogens with one attached hydrogen (secondary N) is 3. The van der Waals surface area contributed by atoms with Crippen molar-refractivity contribution >= 4 is 17.5 Å². The molecule has 0 bridgehead atoms. The van der Waals surface area contributed by atoms with Crippen LogP contribution in [0, 0.1) is 10.1 Å². The van der Waals surface area contributed by atoms with Gasteiger partial charge in [-0.3, -0.25) is 19.7 Å². The van der Waals surface area contributed by atoms with Gasteiger partial charge in [-0.05, 0) is 24.3 Å². The molecule has 0 aliphatic carbocycles. The van der Waals surface area contributed by atoms with Gasteiger partial charge in [-0.25, -0.2) is 10.9 Å². The number of hydrogen-bond acceptors (Lipinski definition) is 6. The maximum absolute atomic E-state index is 11.9. The molecular weight excluding hydrogens is 266 g/mol. The van der Waals surface area contributed by atoms with E-state index in [-0.39, 0.29) is 6.54 Å². The number of carbonyl (C=O) groups excluding carboxylic acids is 2. The third-order valence-corrected chi connectivity index (χ3v) is 2.94. The molecule has 1 heterocycles. The minimum absolute atomic E-state index is 0.0751. The normalized spacial score (nSPS) is 21.4. The molecule has 9 heteroatoms. The molecule has 1 fully saturated rings. The van der Waals surface area contributed by atoms with Gasteiger partial charge in [0.1, 0.15) is 0 Å². The van der Waals surface area contributed by atoms with Gasteiger partial charge in [-0.1, -0.05) is 0 Å². The second-order valence-electron chi connectivity index (χ2n) is 4.29. The molecule has 20 heavy (non-hydrogen) atoms. The zero-order chi connectivity index (χ0) is 14.7. The molecule has 2 rings (SSSR count). The number of hydrazine groups is 1. The molecule has 1 aromatic rings. The lowest BCUT2D eigenvalue weighted by atomic mass is 10.1. The van der Waals surface area contributed by atoms with Gasteiger partial charge in [-0.2, -0.15) is 0 Å². The molecule has 2 atom stereocenters. The van der Waals surface area contributed by atoms with E-state index in [2.05, 4.69) is 16.2 Å². The van der Waals surface area contributed by atoms with E-state index in [9.17, 15) is 19.7 Å². The van der Waals surface area contributed by atoms with Crippen LogP contribution in [0.2, 0.25) is 0 Å². The number of nitrogens with two attached hydrogens (primary N) is 1. The van der Waals surface area contributed by atoms with E-state index >= 15 is 0 Å². The molecule has 0 spiro atoms. The summed E-state index contributed by atoms with van der Waals surface area (Å²) in [4.78, 5) is 33.1. The van der Waals surface area contributed by atoms with Crippen molar-refractivity contribution in [1.29, 1.82) is 0 Å². The Hall–Kier alpha value is -2.52. The molecule has 1 aliphatic rings. The van der Waals surface area contributed by atoms with E-state index in [0.717, 1.165) is 0 Å². The van der Waals surface area contributed by atoms with Crippen molar-refractivity contribution in [3.8, 4) is 0 Å². The molecule has 5 N–H and O–H groups in total. The van der Waals surface area contributed by atoms with Crippen molar-refractivity contribution in [3.05, 3.63) is 39.9 Å². The lowest BCUT2D eigenvalue weighted by Gasteiger charge is -2.12. The van der Waals surface area contributed by atoms with Crippen LogP contribution in [-0.2, 0) is 4.79 Å². The number of nitro groups is 1. The van der Waals surface area contributed by atoms with Gasteiger partial charge in [0.2, 0.25) is 11.8 Å². The maximum atomic E-state index is 11.9. The van der Waals surface area contributed by atoms with Crippen LogP contribution in [0.5, 0.6) is 0 Å². The lowest BCUT2D eigenvalue weighted by molar-refractivity contribution is -0.517. The number of carbonyl (C=O) groups is 2. The Balaban J connectivity index is 2.04. The molecule has 0 radical (unpaired) electrons. The molecule has 1 aromatic carbocycles. The number of hydrogen-bond donors (Lipinski definition) is 4. The largest absolute Gasteiger partial charge is 0.366 e. The average Bonchev–Trinajstić information content (AvgIpc) is 2.88. The molecule has 1 saturated heterocycles. The van der Waals surface area contributed by atoms with Crippen molar-refractivity contribution in [1.82, 2.24) is 10.9 Å². The van der Waals surface area contributed by atoms with Crippen LogP contribution >= 0.6 is 0 Å². The summed E-state index contributed by atoms with van der Waals surface area (Å²) in [5, 5.41) is 13.3. The van der Waals surface area contributed by atoms with Gasteiger partial charge < -0.3 is 11.1 Å². The molecule has 9 nitrogen and oxygen atoms in total. The molecule has 106 valence electrons. The van der Waals surface area contributed by atoms with Crippen LogP contribution in [0.3, 0.4) is 0 Å². The average molecular weight is 279 g/mol. The van der Waals surface area contributed by atoms with E-state index < -0.39 is 28.8 Å². The summed E-state index contributed by atoms with van der Waals surface area (Å²) in [6.07, 6.45) is 0. The second kappa shape index (κ2) is 5.63. The first-order chi connectivity index (χ1) is 9.49. The minimum atomic E-state index is -1.03. The van der Waals surface area contributed by atoms with E-state index in [1.165, 1.54) is 24.3 Å². The highest BCUT2D eigenvalue weighted by Crippen LogP contribution is 2.11. The third kappa shape index (κ3) is 2.90. The van der Waals surface area contributed by atoms with Gasteiger partial charge in [-0.15, -0.1) is 0 Å². The smallest absolute Gasteiger partial charge is 0.252 e. The minimum Gasteiger partial charge on any atom is -0.366 e. The van der Waals surface area contributed by atoms with Gasteiger partial charge in [0.15, 0.2) is 6.04 Å². The van der Waals surface area contributed by atoms with Crippen LogP contribution in [-0.4, -0.2) is 35.4 Å². The Bertz CT molecular complexity index is 544. The Morgan fingerprint density at radius 3 is 2.55 bits per heavy atom. The van der Waals surface area contributed by atoms with Crippen LogP contribution < -0.4 is 21.9 Å². The lowest BCUT2D eigenvalue weighted by Crippen LogP contribution is -2.46. The standard InChI is InChI=1S/C11H13N5O4/c12-10(17)6-1-3-7(4-2-6)14-11(18)9-8(16(19)20)5-13-15-9/h1-4,8-9,13,15H,5H2,(H2,12,17)(H,14,18). The zero-order valence-corrected chi connectivity index (χ0v) is 10.3. The number of rotatable bonds is 4. The van der Waals surface area contributed by atoms with Gasteiger partial charge in [0.25, 0.3) is 6.04 Å². The summed E-state index contributed by atoms with van der Waals surface area (Å²) in [6.45, 7) is 0.0751. The highest BCUT2D eigenvalue weighted by molar-refractivity contribution is 5.97. The SMILES string of the molecule is NC(=O)c1ccc(NC(=O)C2NNCC2[N+](=O)[O-])cc1. The van der Waals surface area contributed by atoms with Crippen molar-refractivity contribution < 1.29 is 14.5 Å². The van der Waals surface area contributed by atoms with Crippen molar-refractivity contribution in [2.75, 3.05) is 11.9 Å². The fourth-order valence-corrected chi connectivity index (χ4v) is 1.86. The molecule has 2 unspecified atom stereocenters. The first kappa shape index (κ1) is 13.9. The quantitative estimate of drug-likeness (QED) is 0.405. The Labute approximate surface area is 113 Å². The van der Waals surface area contributed by atoms with E-state index in [4.69, 9.17) is 5.73 Å². The Morgan fingerprint density at radius 2 is 2.00 bits per heavy atom. The van der Waals surface area contributed by atoms with Gasteiger partial charge in [0, 0.05) is 16.2 Å². The Morgan fingerprint density at radius 1 is 1.35 bits per heavy atom. The maximum Gasteiger partial charge on any atom is 0.252 e. The highest BCUT2D eigenvalue weighted by Gasteiger charge is 2.41. The van der Waals surface area contributed by atoms with Gasteiger partial charge in [0.05, 0.1) is 6.54 Å². The van der Waals surface area contributed by atoms with Crippen molar-refractivity contribution in [2.24, 2.45) is 5.73 Å². The van der Waals surface area contributed by atoms with Crippen LogP contribution in [0.1, 0.15) is 10.4 Å². The number of nitrogens with zero attached hydrogens (tertiary/aromatic N) is 1. The van der Waals surface area contributed by atoms with Gasteiger partial charge >= 0.3 is 0 Å². The summed E-state index contributed by atoms with van der Waals surface area (Å²) in [6, 6.07) is 3.94. The first-order valence-electron chi connectivity index (χ1n) is 5.81. The Kier molecular flexibility index (Phi) is 3.91. The summed E-state index contributed by atoms with van der Waals surface area (Å²) >= 11 is 0. The number of primary amides is 1. The van der Waals surface area contributed by atoms with Crippen molar-refractivity contribution in [3.63, 3.8) is 0 Å². The van der Waals surface area contributed by atoms with Crippen LogP contribution in [0.15, 0.2) is 24.3 Å². The fraction of sp³-hybridized carbons (Fsp3) is 0.273. The topological polar surface area (TPSA) is 139 Å². The number of benzene rings is 1. The molecule has 1 aliphatic heterocycles. The fourth-order valence-electron chi connectivity index (χ4n) is 1.86. The van der Waals surface area contributed by atoms with E-state index in [1.807, 2.05) is 0 Å². The third-order valence-electron chi connectivity index (χ3n) is 2.94. The summed E-state index contributed by atoms with van der Waals surface area (Å²) in [7, 11) is 0. The van der Waals surface area contributed by atoms with Crippen LogP contribution in [0.25, 0.3) is 0 Å². The molecule has 0 saturated carbocycles. The predicted octanol–water partition coefficient (Wildman–Crippen LogP) is -1.15. The molecular formula is C11H13N5O4. The second-order valence-corrected chi connectivity index (χ2v) is 4.29. The van der Waals surface area contributed by atoms with Crippen molar-refractivity contribution in [2.45, 2.75) is 12.1 Å². The summed E-state index contributed by atoms with van der Waals surface area (Å²) < 4.78 is 0. The number of anilines is 1. The summed E-state index contributed by atoms with van der Waals surface area (Å²) in [5.41, 5.74) is 11.0. The van der Waals surface area contributed by atoms with Crippen LogP contribution in [0.4, 0.5) is 5.69 Å². The van der Waals surface area contributed by atoms with E-state index in [0.29, 0.717) is 11.3 Å².